The van der Waals surface area contributed by atoms with Gasteiger partial charge in [-0.05, 0) is 118 Å². The average Bonchev–Trinajstić information content (AvgIpc) is 3.21. The lowest BCUT2D eigenvalue weighted by Gasteiger charge is -2.57. The maximum absolute atomic E-state index is 13.6. The van der Waals surface area contributed by atoms with E-state index in [4.69, 9.17) is 10.00 Å². The van der Waals surface area contributed by atoms with Crippen molar-refractivity contribution in [2.45, 2.75) is 90.6 Å². The average molecular weight is 479 g/mol. The molecule has 1 N–H and O–H groups in total. The van der Waals surface area contributed by atoms with Gasteiger partial charge in [0.15, 0.2) is 0 Å². The Bertz CT molecular complexity index is 1000. The second-order valence-corrected chi connectivity index (χ2v) is 12.4. The lowest BCUT2D eigenvalue weighted by atomic mass is 9.49. The molecule has 0 bridgehead atoms. The van der Waals surface area contributed by atoms with Gasteiger partial charge in [-0.3, -0.25) is 4.79 Å². The van der Waals surface area contributed by atoms with Crippen LogP contribution in [0.25, 0.3) is 0 Å². The van der Waals surface area contributed by atoms with Gasteiger partial charge in [0.05, 0.1) is 12.2 Å². The summed E-state index contributed by atoms with van der Waals surface area (Å²) in [5, 5.41) is 20.2. The standard InChI is InChI=1S/C30H42N2O3/c1-4-35-18-30(34)14-12-23-21(16-30)6-8-25-24(23)11-13-29(3)26(25)9-10-27(29)28(33)15-20-5-7-22(17-31)32-19(20)2/h5,7,21,23-27,34H,4,6,8-16,18H2,1-3H3/t21-,23+,24-,25-,26+,27-,29+,30-/m1/s1. The second kappa shape index (κ2) is 9.60. The predicted octanol–water partition coefficient (Wildman–Crippen LogP) is 5.41. The molecule has 0 unspecified atom stereocenters. The number of rotatable bonds is 6. The van der Waals surface area contributed by atoms with E-state index in [2.05, 4.69) is 18.0 Å². The Hall–Kier alpha value is -1.77. The zero-order valence-corrected chi connectivity index (χ0v) is 21.8. The Morgan fingerprint density at radius 3 is 2.69 bits per heavy atom. The SMILES string of the molecule is CCOC[C@@]1(O)CC[C@H]2[C@H](CC[C@@H]3[C@@H]2CC[C@]2(C)[C@@H](C(=O)Cc4ccc(C#N)nc4C)CC[C@@H]32)C1. The van der Waals surface area contributed by atoms with Crippen LogP contribution >= 0.6 is 0 Å². The Morgan fingerprint density at radius 2 is 1.94 bits per heavy atom. The van der Waals surface area contributed by atoms with Crippen LogP contribution in [0.5, 0.6) is 0 Å². The fourth-order valence-electron chi connectivity index (χ4n) is 9.06. The third-order valence-electron chi connectivity index (χ3n) is 10.7. The first-order chi connectivity index (χ1) is 16.8. The first-order valence-electron chi connectivity index (χ1n) is 14.0. The van der Waals surface area contributed by atoms with Crippen LogP contribution in [0, 0.1) is 59.2 Å². The first kappa shape index (κ1) is 24.9. The van der Waals surface area contributed by atoms with Gasteiger partial charge in [0.25, 0.3) is 0 Å². The number of hydrogen-bond acceptors (Lipinski definition) is 5. The summed E-state index contributed by atoms with van der Waals surface area (Å²) in [4.78, 5) is 17.9. The fraction of sp³-hybridized carbons (Fsp3) is 0.767. The van der Waals surface area contributed by atoms with Crippen LogP contribution in [0.1, 0.15) is 88.6 Å². The quantitative estimate of drug-likeness (QED) is 0.591. The highest BCUT2D eigenvalue weighted by Gasteiger charge is 2.58. The molecule has 0 spiro atoms. The molecule has 1 heterocycles. The number of aliphatic hydroxyl groups is 1. The predicted molar refractivity (Wildman–Crippen MR) is 134 cm³/mol. The molecule has 0 aromatic carbocycles. The Balaban J connectivity index is 1.27. The zero-order valence-electron chi connectivity index (χ0n) is 21.8. The van der Waals surface area contributed by atoms with Crippen molar-refractivity contribution in [3.63, 3.8) is 0 Å². The lowest BCUT2D eigenvalue weighted by molar-refractivity contribution is -0.137. The van der Waals surface area contributed by atoms with Gasteiger partial charge in [-0.15, -0.1) is 0 Å². The molecule has 0 saturated heterocycles. The van der Waals surface area contributed by atoms with Gasteiger partial charge >= 0.3 is 0 Å². The number of ketones is 1. The molecular formula is C30H42N2O3. The second-order valence-electron chi connectivity index (χ2n) is 12.4. The van der Waals surface area contributed by atoms with E-state index >= 15 is 0 Å². The molecule has 4 aliphatic carbocycles. The van der Waals surface area contributed by atoms with Gasteiger partial charge in [0, 0.05) is 24.6 Å². The molecule has 1 aromatic heterocycles. The molecule has 4 fully saturated rings. The number of aryl methyl sites for hydroxylation is 1. The van der Waals surface area contributed by atoms with Crippen LogP contribution in [-0.2, 0) is 16.0 Å². The van der Waals surface area contributed by atoms with Crippen molar-refractivity contribution in [1.29, 1.82) is 5.26 Å². The number of carbonyl (C=O) groups excluding carboxylic acids is 1. The molecule has 5 rings (SSSR count). The molecule has 0 aliphatic heterocycles. The highest BCUT2D eigenvalue weighted by molar-refractivity contribution is 5.84. The number of nitriles is 1. The van der Waals surface area contributed by atoms with E-state index in [0.29, 0.717) is 42.9 Å². The molecule has 5 heteroatoms. The molecule has 0 radical (unpaired) electrons. The van der Waals surface area contributed by atoms with E-state index in [1.54, 1.807) is 6.07 Å². The minimum atomic E-state index is -0.628. The van der Waals surface area contributed by atoms with E-state index in [-0.39, 0.29) is 11.3 Å². The summed E-state index contributed by atoms with van der Waals surface area (Å²) in [6, 6.07) is 5.74. The lowest BCUT2D eigenvalue weighted by Crippen LogP contribution is -2.52. The van der Waals surface area contributed by atoms with E-state index in [0.717, 1.165) is 61.1 Å². The number of carbonyl (C=O) groups is 1. The van der Waals surface area contributed by atoms with Crippen LogP contribution < -0.4 is 0 Å². The largest absolute Gasteiger partial charge is 0.387 e. The van der Waals surface area contributed by atoms with Gasteiger partial charge in [-0.25, -0.2) is 4.98 Å². The number of ether oxygens (including phenoxy) is 1. The van der Waals surface area contributed by atoms with Crippen LogP contribution in [0.4, 0.5) is 0 Å². The van der Waals surface area contributed by atoms with Gasteiger partial charge < -0.3 is 9.84 Å². The number of Topliss-reactive ketones (excluding diaryl/α,β-unsaturated/α-hetero) is 1. The van der Waals surface area contributed by atoms with Crippen LogP contribution in [0.2, 0.25) is 0 Å². The molecular weight excluding hydrogens is 436 g/mol. The number of fused-ring (bicyclic) bond motifs is 5. The molecule has 190 valence electrons. The molecule has 0 amide bonds. The summed E-state index contributed by atoms with van der Waals surface area (Å²) in [6.45, 7) is 7.48. The molecule has 4 saturated carbocycles. The molecule has 4 aliphatic rings. The highest BCUT2D eigenvalue weighted by Crippen LogP contribution is 2.64. The topological polar surface area (TPSA) is 83.2 Å². The van der Waals surface area contributed by atoms with Gasteiger partial charge in [0.1, 0.15) is 17.5 Å². The Morgan fingerprint density at radius 1 is 1.14 bits per heavy atom. The third kappa shape index (κ3) is 4.46. The fourth-order valence-corrected chi connectivity index (χ4v) is 9.06. The number of aromatic nitrogens is 1. The highest BCUT2D eigenvalue weighted by atomic mass is 16.5. The Kier molecular flexibility index (Phi) is 6.83. The minimum absolute atomic E-state index is 0.114. The first-order valence-corrected chi connectivity index (χ1v) is 14.0. The molecule has 35 heavy (non-hydrogen) atoms. The van der Waals surface area contributed by atoms with E-state index in [1.807, 2.05) is 19.9 Å². The Labute approximate surface area is 210 Å². The van der Waals surface area contributed by atoms with Crippen LogP contribution in [-0.4, -0.2) is 34.7 Å². The van der Waals surface area contributed by atoms with Gasteiger partial charge in [-0.2, -0.15) is 5.26 Å². The number of pyridine rings is 1. The van der Waals surface area contributed by atoms with Crippen LogP contribution in [0.3, 0.4) is 0 Å². The third-order valence-corrected chi connectivity index (χ3v) is 10.7. The maximum Gasteiger partial charge on any atom is 0.140 e. The number of hydrogen-bond donors (Lipinski definition) is 1. The summed E-state index contributed by atoms with van der Waals surface area (Å²) in [5.41, 5.74) is 1.68. The maximum atomic E-state index is 13.6. The number of nitrogens with zero attached hydrogens (tertiary/aromatic N) is 2. The monoisotopic (exact) mass is 478 g/mol. The summed E-state index contributed by atoms with van der Waals surface area (Å²) >= 11 is 0. The minimum Gasteiger partial charge on any atom is -0.387 e. The van der Waals surface area contributed by atoms with Gasteiger partial charge in [-0.1, -0.05) is 13.0 Å². The van der Waals surface area contributed by atoms with Crippen molar-refractivity contribution >= 4 is 5.78 Å². The smallest absolute Gasteiger partial charge is 0.140 e. The van der Waals surface area contributed by atoms with Crippen molar-refractivity contribution in [1.82, 2.24) is 4.98 Å². The molecule has 5 nitrogen and oxygen atoms in total. The van der Waals surface area contributed by atoms with E-state index < -0.39 is 5.60 Å². The van der Waals surface area contributed by atoms with Crippen molar-refractivity contribution in [2.75, 3.05) is 13.2 Å². The van der Waals surface area contributed by atoms with Crippen molar-refractivity contribution < 1.29 is 14.6 Å². The zero-order chi connectivity index (χ0) is 24.8. The summed E-state index contributed by atoms with van der Waals surface area (Å²) in [6.07, 6.45) is 10.4. The van der Waals surface area contributed by atoms with E-state index in [9.17, 15) is 9.90 Å². The normalized spacial score (nSPS) is 40.3. The molecule has 8 atom stereocenters. The van der Waals surface area contributed by atoms with Crippen molar-refractivity contribution in [2.24, 2.45) is 40.9 Å². The van der Waals surface area contributed by atoms with Crippen LogP contribution in [0.15, 0.2) is 12.1 Å². The summed E-state index contributed by atoms with van der Waals surface area (Å²) in [7, 11) is 0. The van der Waals surface area contributed by atoms with Crippen molar-refractivity contribution in [3.05, 3.63) is 29.1 Å². The molecule has 1 aromatic rings. The summed E-state index contributed by atoms with van der Waals surface area (Å²) < 4.78 is 5.63. The van der Waals surface area contributed by atoms with E-state index in [1.165, 1.54) is 25.7 Å². The van der Waals surface area contributed by atoms with Gasteiger partial charge in [0.2, 0.25) is 0 Å². The van der Waals surface area contributed by atoms with Crippen molar-refractivity contribution in [3.8, 4) is 6.07 Å². The summed E-state index contributed by atoms with van der Waals surface area (Å²) in [5.74, 6) is 4.04.